The third-order valence-electron chi connectivity index (χ3n) is 7.52. The largest absolute Gasteiger partial charge is 0.450 e. The molecule has 0 radical (unpaired) electrons. The van der Waals surface area contributed by atoms with Crippen LogP contribution in [0.15, 0.2) is 54.6 Å². The fourth-order valence-electron chi connectivity index (χ4n) is 5.45. The van der Waals surface area contributed by atoms with Gasteiger partial charge in [-0.25, -0.2) is 9.78 Å². The average molecular weight is 539 g/mol. The molecule has 1 fully saturated rings. The number of hydrogen-bond acceptors (Lipinski definition) is 7. The van der Waals surface area contributed by atoms with E-state index in [9.17, 15) is 4.79 Å². The number of aromatic nitrogens is 5. The number of hydrogen-bond donors (Lipinski definition) is 1. The first-order valence-electron chi connectivity index (χ1n) is 13.7. The van der Waals surface area contributed by atoms with Gasteiger partial charge in [0.05, 0.1) is 23.5 Å². The van der Waals surface area contributed by atoms with Gasteiger partial charge in [0.15, 0.2) is 5.65 Å². The number of piperazine rings is 1. The number of aryl methyl sites for hydroxylation is 3. The maximum Gasteiger partial charge on any atom is 0.409 e. The molecule has 0 saturated carbocycles. The number of amides is 1. The van der Waals surface area contributed by atoms with E-state index >= 15 is 0 Å². The van der Waals surface area contributed by atoms with Gasteiger partial charge in [0.25, 0.3) is 0 Å². The molecular formula is C30H34N8O2. The lowest BCUT2D eigenvalue weighted by atomic mass is 10.0. The van der Waals surface area contributed by atoms with Crippen molar-refractivity contribution in [3.63, 3.8) is 0 Å². The molecule has 1 aliphatic rings. The summed E-state index contributed by atoms with van der Waals surface area (Å²) in [4.78, 5) is 21.4. The van der Waals surface area contributed by atoms with E-state index in [1.54, 1.807) is 4.90 Å². The number of fused-ring (bicyclic) bond motifs is 2. The minimum atomic E-state index is -0.259. The highest BCUT2D eigenvalue weighted by Crippen LogP contribution is 2.33. The zero-order chi connectivity index (χ0) is 27.8. The van der Waals surface area contributed by atoms with Crippen LogP contribution >= 0.6 is 0 Å². The molecule has 2 aromatic carbocycles. The molecule has 10 nitrogen and oxygen atoms in total. The van der Waals surface area contributed by atoms with Crippen LogP contribution in [0.1, 0.15) is 23.9 Å². The Morgan fingerprint density at radius 1 is 0.975 bits per heavy atom. The summed E-state index contributed by atoms with van der Waals surface area (Å²) in [5.41, 5.74) is 7.01. The van der Waals surface area contributed by atoms with Gasteiger partial charge < -0.3 is 19.9 Å². The van der Waals surface area contributed by atoms with E-state index in [-0.39, 0.29) is 6.09 Å². The van der Waals surface area contributed by atoms with Crippen molar-refractivity contribution in [2.75, 3.05) is 43.0 Å². The van der Waals surface area contributed by atoms with E-state index in [1.165, 1.54) is 5.56 Å². The lowest BCUT2D eigenvalue weighted by molar-refractivity contribution is 0.105. The van der Waals surface area contributed by atoms with E-state index in [1.807, 2.05) is 55.2 Å². The Hall–Kier alpha value is -4.60. The lowest BCUT2D eigenvalue weighted by Crippen LogP contribution is -2.49. The van der Waals surface area contributed by atoms with Crippen LogP contribution in [0.2, 0.25) is 0 Å². The van der Waals surface area contributed by atoms with Crippen molar-refractivity contribution < 1.29 is 9.53 Å². The summed E-state index contributed by atoms with van der Waals surface area (Å²) in [6, 6.07) is 18.8. The second-order valence-corrected chi connectivity index (χ2v) is 10.1. The van der Waals surface area contributed by atoms with Crippen LogP contribution in [0, 0.1) is 13.8 Å². The molecule has 1 N–H and O–H groups in total. The van der Waals surface area contributed by atoms with Crippen molar-refractivity contribution in [3.05, 3.63) is 71.5 Å². The first kappa shape index (κ1) is 25.7. The summed E-state index contributed by atoms with van der Waals surface area (Å²) < 4.78 is 9.03. The quantitative estimate of drug-likeness (QED) is 0.332. The number of rotatable bonds is 6. The molecule has 1 aliphatic heterocycles. The number of nitrogens with one attached hydrogen (secondary N) is 1. The summed E-state index contributed by atoms with van der Waals surface area (Å²) in [5, 5.41) is 14.2. The van der Waals surface area contributed by atoms with Crippen LogP contribution in [0.25, 0.3) is 27.7 Å². The SMILES string of the molecule is CCOC(=O)N1CCN(c2cc(NCc3ccccc3)n3nc(C)c(-c4ccc5c(c4)c(C)nn5C)c3n2)CC1. The highest BCUT2D eigenvalue weighted by Gasteiger charge is 2.25. The second-order valence-electron chi connectivity index (χ2n) is 10.1. The molecule has 0 bridgehead atoms. The molecule has 0 spiro atoms. The predicted molar refractivity (Wildman–Crippen MR) is 157 cm³/mol. The van der Waals surface area contributed by atoms with Gasteiger partial charge in [-0.3, -0.25) is 4.68 Å². The van der Waals surface area contributed by atoms with Crippen molar-refractivity contribution in [3.8, 4) is 11.1 Å². The molecule has 5 aromatic rings. The number of ether oxygens (including phenoxy) is 1. The maximum atomic E-state index is 12.3. The van der Waals surface area contributed by atoms with Crippen LogP contribution in [0.3, 0.4) is 0 Å². The van der Waals surface area contributed by atoms with Crippen molar-refractivity contribution in [1.82, 2.24) is 29.3 Å². The van der Waals surface area contributed by atoms with Crippen LogP contribution < -0.4 is 10.2 Å². The van der Waals surface area contributed by atoms with Gasteiger partial charge in [-0.2, -0.15) is 14.7 Å². The summed E-state index contributed by atoms with van der Waals surface area (Å²) in [6.07, 6.45) is -0.259. The maximum absolute atomic E-state index is 12.3. The third kappa shape index (κ3) is 4.70. The molecule has 206 valence electrons. The van der Waals surface area contributed by atoms with E-state index < -0.39 is 0 Å². The van der Waals surface area contributed by atoms with Crippen LogP contribution in [0.4, 0.5) is 16.4 Å². The highest BCUT2D eigenvalue weighted by atomic mass is 16.6. The fraction of sp³-hybridized carbons (Fsp3) is 0.333. The lowest BCUT2D eigenvalue weighted by Gasteiger charge is -2.34. The summed E-state index contributed by atoms with van der Waals surface area (Å²) in [7, 11) is 1.97. The minimum Gasteiger partial charge on any atom is -0.450 e. The number of anilines is 2. The Bertz CT molecular complexity index is 1680. The topological polar surface area (TPSA) is 92.8 Å². The normalized spacial score (nSPS) is 13.8. The molecule has 40 heavy (non-hydrogen) atoms. The van der Waals surface area contributed by atoms with E-state index in [4.69, 9.17) is 14.8 Å². The van der Waals surface area contributed by atoms with Gasteiger partial charge in [0.1, 0.15) is 11.6 Å². The Morgan fingerprint density at radius 3 is 2.50 bits per heavy atom. The zero-order valence-electron chi connectivity index (χ0n) is 23.4. The minimum absolute atomic E-state index is 0.259. The number of benzene rings is 2. The van der Waals surface area contributed by atoms with Gasteiger partial charge in [-0.1, -0.05) is 36.4 Å². The van der Waals surface area contributed by atoms with Crippen molar-refractivity contribution >= 4 is 34.3 Å². The monoisotopic (exact) mass is 538 g/mol. The fourth-order valence-corrected chi connectivity index (χ4v) is 5.45. The van der Waals surface area contributed by atoms with E-state index in [2.05, 4.69) is 51.7 Å². The first-order valence-corrected chi connectivity index (χ1v) is 13.7. The Morgan fingerprint density at radius 2 is 1.75 bits per heavy atom. The van der Waals surface area contributed by atoms with Crippen LogP contribution in [0.5, 0.6) is 0 Å². The van der Waals surface area contributed by atoms with Crippen molar-refractivity contribution in [1.29, 1.82) is 0 Å². The molecule has 0 unspecified atom stereocenters. The molecule has 10 heteroatoms. The molecule has 3 aromatic heterocycles. The van der Waals surface area contributed by atoms with Crippen molar-refractivity contribution in [2.24, 2.45) is 7.05 Å². The second kappa shape index (κ2) is 10.5. The number of nitrogens with zero attached hydrogens (tertiary/aromatic N) is 7. The number of carbonyl (C=O) groups excluding carboxylic acids is 1. The van der Waals surface area contributed by atoms with Crippen molar-refractivity contribution in [2.45, 2.75) is 27.3 Å². The summed E-state index contributed by atoms with van der Waals surface area (Å²) in [6.45, 7) is 9.44. The van der Waals surface area contributed by atoms with Gasteiger partial charge in [0.2, 0.25) is 0 Å². The molecule has 4 heterocycles. The molecule has 1 amide bonds. The molecular weight excluding hydrogens is 504 g/mol. The summed E-state index contributed by atoms with van der Waals surface area (Å²) >= 11 is 0. The van der Waals surface area contributed by atoms with Gasteiger partial charge in [0, 0.05) is 56.8 Å². The van der Waals surface area contributed by atoms with E-state index in [0.29, 0.717) is 39.3 Å². The van der Waals surface area contributed by atoms with Crippen LogP contribution in [-0.4, -0.2) is 68.2 Å². The van der Waals surface area contributed by atoms with Crippen LogP contribution in [-0.2, 0) is 18.3 Å². The smallest absolute Gasteiger partial charge is 0.409 e. The molecule has 6 rings (SSSR count). The summed E-state index contributed by atoms with van der Waals surface area (Å²) in [5.74, 6) is 1.72. The third-order valence-corrected chi connectivity index (χ3v) is 7.52. The van der Waals surface area contributed by atoms with Gasteiger partial charge in [-0.15, -0.1) is 0 Å². The highest BCUT2D eigenvalue weighted by molar-refractivity contribution is 5.91. The number of carbonyl (C=O) groups is 1. The molecule has 0 atom stereocenters. The Balaban J connectivity index is 1.41. The average Bonchev–Trinajstić information content (AvgIpc) is 3.46. The van der Waals surface area contributed by atoms with Gasteiger partial charge in [-0.05, 0) is 44.0 Å². The zero-order valence-corrected chi connectivity index (χ0v) is 23.4. The Labute approximate surface area is 233 Å². The predicted octanol–water partition coefficient (Wildman–Crippen LogP) is 4.79. The first-order chi connectivity index (χ1) is 19.4. The van der Waals surface area contributed by atoms with E-state index in [0.717, 1.165) is 50.7 Å². The molecule has 1 saturated heterocycles. The Kier molecular flexibility index (Phi) is 6.75. The van der Waals surface area contributed by atoms with Gasteiger partial charge >= 0.3 is 6.09 Å². The standard InChI is InChI=1S/C30H34N8O2/c1-5-40-30(39)37-15-13-36(14-16-37)27-18-26(31-19-22-9-7-6-8-10-22)38-29(32-27)28(21(3)34-38)23-11-12-25-24(17-23)20(2)33-35(25)4/h6-12,17-18,31H,5,13-16,19H2,1-4H3. The molecule has 0 aliphatic carbocycles.